The van der Waals surface area contributed by atoms with Crippen LogP contribution in [-0.2, 0) is 5.06 Å². The molecule has 0 amide bonds. The maximum atomic E-state index is 9.32. The molecular formula is C9H7ClO. The molecule has 0 heterocycles. The third-order valence-corrected chi connectivity index (χ3v) is 1.67. The molecule has 0 aromatic heterocycles. The zero-order valence-corrected chi connectivity index (χ0v) is 6.55. The van der Waals surface area contributed by atoms with Crippen molar-refractivity contribution in [3.05, 3.63) is 35.9 Å². The van der Waals surface area contributed by atoms with Crippen LogP contribution in [0.3, 0.4) is 0 Å². The molecule has 0 bridgehead atoms. The molecule has 1 N–H and O–H groups in total. The van der Waals surface area contributed by atoms with Crippen LogP contribution in [-0.4, -0.2) is 5.11 Å². The third-order valence-electron chi connectivity index (χ3n) is 1.35. The molecule has 11 heavy (non-hydrogen) atoms. The molecule has 0 saturated carbocycles. The second-order valence-electron chi connectivity index (χ2n) is 2.13. The van der Waals surface area contributed by atoms with Crippen LogP contribution in [0.1, 0.15) is 5.56 Å². The van der Waals surface area contributed by atoms with Gasteiger partial charge in [0.25, 0.3) is 0 Å². The quantitative estimate of drug-likeness (QED) is 0.498. The predicted molar refractivity (Wildman–Crippen MR) is 45.0 cm³/mol. The van der Waals surface area contributed by atoms with E-state index in [-0.39, 0.29) is 0 Å². The van der Waals surface area contributed by atoms with Gasteiger partial charge in [0.05, 0.1) is 0 Å². The molecule has 1 rings (SSSR count). The molecule has 0 aliphatic rings. The Hall–Kier alpha value is -0.970. The van der Waals surface area contributed by atoms with Crippen LogP contribution in [0.15, 0.2) is 30.3 Å². The molecule has 0 spiro atoms. The fraction of sp³-hybridized carbons (Fsp3) is 0.111. The van der Waals surface area contributed by atoms with Crippen LogP contribution in [0.25, 0.3) is 0 Å². The van der Waals surface area contributed by atoms with Crippen LogP contribution in [0, 0.1) is 12.3 Å². The molecule has 1 unspecified atom stereocenters. The van der Waals surface area contributed by atoms with Crippen molar-refractivity contribution in [2.24, 2.45) is 0 Å². The molecule has 56 valence electrons. The molecular weight excluding hydrogens is 160 g/mol. The summed E-state index contributed by atoms with van der Waals surface area (Å²) in [4.78, 5) is 0. The van der Waals surface area contributed by atoms with Crippen LogP contribution in [0.5, 0.6) is 0 Å². The number of alkyl halides is 1. The van der Waals surface area contributed by atoms with Gasteiger partial charge in [-0.3, -0.25) is 0 Å². The highest BCUT2D eigenvalue weighted by Crippen LogP contribution is 2.23. The normalized spacial score (nSPS) is 15.0. The average Bonchev–Trinajstić information content (AvgIpc) is 2.06. The topological polar surface area (TPSA) is 20.2 Å². The first-order valence-corrected chi connectivity index (χ1v) is 3.49. The second-order valence-corrected chi connectivity index (χ2v) is 2.68. The number of terminal acetylenes is 1. The molecule has 0 aliphatic heterocycles. The summed E-state index contributed by atoms with van der Waals surface area (Å²) in [6.45, 7) is 0. The van der Waals surface area contributed by atoms with Gasteiger partial charge in [-0.15, -0.1) is 6.42 Å². The zero-order chi connectivity index (χ0) is 8.32. The van der Waals surface area contributed by atoms with E-state index in [0.29, 0.717) is 5.56 Å². The lowest BCUT2D eigenvalue weighted by Gasteiger charge is -2.12. The summed E-state index contributed by atoms with van der Waals surface area (Å²) < 4.78 is 0. The fourth-order valence-electron chi connectivity index (χ4n) is 0.742. The van der Waals surface area contributed by atoms with E-state index >= 15 is 0 Å². The summed E-state index contributed by atoms with van der Waals surface area (Å²) in [6.07, 6.45) is 5.01. The van der Waals surface area contributed by atoms with Gasteiger partial charge in [-0.1, -0.05) is 47.9 Å². The lowest BCUT2D eigenvalue weighted by atomic mass is 10.1. The van der Waals surface area contributed by atoms with Gasteiger partial charge in [-0.05, 0) is 0 Å². The number of halogens is 1. The van der Waals surface area contributed by atoms with E-state index in [2.05, 4.69) is 5.92 Å². The van der Waals surface area contributed by atoms with E-state index in [9.17, 15) is 5.11 Å². The van der Waals surface area contributed by atoms with Gasteiger partial charge in [0.1, 0.15) is 0 Å². The lowest BCUT2D eigenvalue weighted by molar-refractivity contribution is 0.192. The van der Waals surface area contributed by atoms with Crippen LogP contribution in [0.4, 0.5) is 0 Å². The van der Waals surface area contributed by atoms with Crippen molar-refractivity contribution in [3.8, 4) is 12.3 Å². The molecule has 0 radical (unpaired) electrons. The van der Waals surface area contributed by atoms with Crippen molar-refractivity contribution in [2.45, 2.75) is 5.06 Å². The van der Waals surface area contributed by atoms with Gasteiger partial charge in [-0.25, -0.2) is 0 Å². The summed E-state index contributed by atoms with van der Waals surface area (Å²) in [6, 6.07) is 8.70. The molecule has 1 nitrogen and oxygen atoms in total. The molecule has 1 aromatic rings. The summed E-state index contributed by atoms with van der Waals surface area (Å²) in [5.74, 6) is 2.08. The Kier molecular flexibility index (Phi) is 2.19. The predicted octanol–water partition coefficient (Wildman–Crippen LogP) is 1.70. The van der Waals surface area contributed by atoms with E-state index in [1.807, 2.05) is 6.07 Å². The Labute approximate surface area is 70.6 Å². The standard InChI is InChI=1S/C9H7ClO/c1-2-9(10,11)8-6-4-3-5-7-8/h1,3-7,11H. The number of hydrogen-bond acceptors (Lipinski definition) is 1. The highest BCUT2D eigenvalue weighted by molar-refractivity contribution is 6.24. The molecule has 0 fully saturated rings. The maximum Gasteiger partial charge on any atom is 0.227 e. The average molecular weight is 167 g/mol. The Balaban J connectivity index is 3.05. The van der Waals surface area contributed by atoms with Crippen LogP contribution < -0.4 is 0 Å². The largest absolute Gasteiger partial charge is 0.361 e. The van der Waals surface area contributed by atoms with E-state index in [4.69, 9.17) is 18.0 Å². The van der Waals surface area contributed by atoms with Gasteiger partial charge in [0, 0.05) is 5.56 Å². The monoisotopic (exact) mass is 166 g/mol. The number of benzene rings is 1. The van der Waals surface area contributed by atoms with E-state index in [1.54, 1.807) is 24.3 Å². The molecule has 0 saturated heterocycles. The van der Waals surface area contributed by atoms with Gasteiger partial charge < -0.3 is 5.11 Å². The highest BCUT2D eigenvalue weighted by Gasteiger charge is 2.21. The minimum Gasteiger partial charge on any atom is -0.361 e. The Morgan fingerprint density at radius 1 is 1.36 bits per heavy atom. The van der Waals surface area contributed by atoms with Crippen molar-refractivity contribution in [2.75, 3.05) is 0 Å². The lowest BCUT2D eigenvalue weighted by Crippen LogP contribution is -2.13. The number of rotatable bonds is 1. The van der Waals surface area contributed by atoms with Crippen molar-refractivity contribution in [1.82, 2.24) is 0 Å². The summed E-state index contributed by atoms with van der Waals surface area (Å²) in [7, 11) is 0. The molecule has 2 heteroatoms. The summed E-state index contributed by atoms with van der Waals surface area (Å²) in [5.41, 5.74) is 0.518. The molecule has 0 aliphatic carbocycles. The summed E-state index contributed by atoms with van der Waals surface area (Å²) >= 11 is 5.57. The van der Waals surface area contributed by atoms with Crippen LogP contribution >= 0.6 is 11.6 Å². The van der Waals surface area contributed by atoms with Crippen LogP contribution in [0.2, 0.25) is 0 Å². The first kappa shape index (κ1) is 8.13. The van der Waals surface area contributed by atoms with Gasteiger partial charge in [0.2, 0.25) is 5.06 Å². The Morgan fingerprint density at radius 2 is 1.91 bits per heavy atom. The third kappa shape index (κ3) is 1.74. The smallest absolute Gasteiger partial charge is 0.227 e. The highest BCUT2D eigenvalue weighted by atomic mass is 35.5. The summed E-state index contributed by atoms with van der Waals surface area (Å²) in [5, 5.41) is 7.66. The zero-order valence-electron chi connectivity index (χ0n) is 5.79. The van der Waals surface area contributed by atoms with Crippen molar-refractivity contribution >= 4 is 11.6 Å². The van der Waals surface area contributed by atoms with E-state index in [0.717, 1.165) is 0 Å². The number of hydrogen-bond donors (Lipinski definition) is 1. The van der Waals surface area contributed by atoms with Gasteiger partial charge >= 0.3 is 0 Å². The van der Waals surface area contributed by atoms with Crippen molar-refractivity contribution < 1.29 is 5.11 Å². The minimum atomic E-state index is -1.67. The first-order chi connectivity index (χ1) is 5.17. The molecule has 1 aromatic carbocycles. The van der Waals surface area contributed by atoms with Gasteiger partial charge in [-0.2, -0.15) is 0 Å². The fourth-order valence-corrected chi connectivity index (χ4v) is 0.868. The molecule has 1 atom stereocenters. The van der Waals surface area contributed by atoms with E-state index < -0.39 is 5.06 Å². The van der Waals surface area contributed by atoms with Gasteiger partial charge in [0.15, 0.2) is 0 Å². The maximum absolute atomic E-state index is 9.32. The SMILES string of the molecule is C#CC(O)(Cl)c1ccccc1. The minimum absolute atomic E-state index is 0.518. The Bertz CT molecular complexity index is 271. The van der Waals surface area contributed by atoms with Crippen molar-refractivity contribution in [1.29, 1.82) is 0 Å². The second kappa shape index (κ2) is 2.96. The Morgan fingerprint density at radius 3 is 2.36 bits per heavy atom. The first-order valence-electron chi connectivity index (χ1n) is 3.11. The number of aliphatic hydroxyl groups is 1. The van der Waals surface area contributed by atoms with E-state index in [1.165, 1.54) is 0 Å². The van der Waals surface area contributed by atoms with Crippen molar-refractivity contribution in [3.63, 3.8) is 0 Å².